The van der Waals surface area contributed by atoms with E-state index in [0.717, 1.165) is 5.56 Å². The molecule has 0 saturated carbocycles. The van der Waals surface area contributed by atoms with Gasteiger partial charge in [-0.25, -0.2) is 0 Å². The lowest BCUT2D eigenvalue weighted by Crippen LogP contribution is -2.03. The Hall–Kier alpha value is -1.66. The summed E-state index contributed by atoms with van der Waals surface area (Å²) >= 11 is 0. The second-order valence-electron chi connectivity index (χ2n) is 3.00. The smallest absolute Gasteiger partial charge is 0.155 e. The molecule has 3 heteroatoms. The quantitative estimate of drug-likeness (QED) is 0.723. The minimum absolute atomic E-state index is 0.0126. The number of hydrogen-bond acceptors (Lipinski definition) is 3. The van der Waals surface area contributed by atoms with Crippen LogP contribution in [0.4, 0.5) is 0 Å². The van der Waals surface area contributed by atoms with Gasteiger partial charge in [-0.3, -0.25) is 4.79 Å². The van der Waals surface area contributed by atoms with Crippen molar-refractivity contribution in [3.8, 4) is 6.07 Å². The van der Waals surface area contributed by atoms with Crippen molar-refractivity contribution < 1.29 is 9.53 Å². The Morgan fingerprint density at radius 1 is 1.43 bits per heavy atom. The summed E-state index contributed by atoms with van der Waals surface area (Å²) in [5, 5.41) is 8.55. The van der Waals surface area contributed by atoms with E-state index in [0.29, 0.717) is 12.2 Å². The summed E-state index contributed by atoms with van der Waals surface area (Å²) in [6, 6.07) is 9.13. The molecule has 0 unspecified atom stereocenters. The van der Waals surface area contributed by atoms with Crippen LogP contribution < -0.4 is 0 Å². The highest BCUT2D eigenvalue weighted by Gasteiger charge is 1.96. The van der Waals surface area contributed by atoms with E-state index in [4.69, 9.17) is 10.00 Å². The molecule has 1 aromatic rings. The van der Waals surface area contributed by atoms with E-state index in [1.54, 1.807) is 12.1 Å². The molecule has 72 valence electrons. The van der Waals surface area contributed by atoms with Crippen LogP contribution in [-0.2, 0) is 16.1 Å². The summed E-state index contributed by atoms with van der Waals surface area (Å²) in [7, 11) is 0. The second-order valence-corrected chi connectivity index (χ2v) is 3.00. The van der Waals surface area contributed by atoms with Gasteiger partial charge in [-0.1, -0.05) is 12.1 Å². The highest BCUT2D eigenvalue weighted by Crippen LogP contribution is 2.04. The van der Waals surface area contributed by atoms with Gasteiger partial charge in [-0.2, -0.15) is 5.26 Å². The van der Waals surface area contributed by atoms with E-state index >= 15 is 0 Å². The van der Waals surface area contributed by atoms with Gasteiger partial charge in [0.15, 0.2) is 5.78 Å². The molecule has 0 aliphatic heterocycles. The lowest BCUT2D eigenvalue weighted by atomic mass is 10.2. The third-order valence-electron chi connectivity index (χ3n) is 1.66. The normalized spacial score (nSPS) is 9.43. The number of rotatable bonds is 4. The third-order valence-corrected chi connectivity index (χ3v) is 1.66. The standard InChI is InChI=1S/C11H11NO2/c1-9(13)7-14-8-11-4-2-10(6-12)3-5-11/h2-5H,7-8H2,1H3. The van der Waals surface area contributed by atoms with Crippen molar-refractivity contribution in [2.24, 2.45) is 0 Å². The van der Waals surface area contributed by atoms with Crippen molar-refractivity contribution in [2.45, 2.75) is 13.5 Å². The van der Waals surface area contributed by atoms with Gasteiger partial charge in [0.05, 0.1) is 18.2 Å². The van der Waals surface area contributed by atoms with Crippen LogP contribution >= 0.6 is 0 Å². The Morgan fingerprint density at radius 3 is 2.57 bits per heavy atom. The number of carbonyl (C=O) groups is 1. The lowest BCUT2D eigenvalue weighted by Gasteiger charge is -2.01. The van der Waals surface area contributed by atoms with E-state index in [1.165, 1.54) is 6.92 Å². The number of ketones is 1. The highest BCUT2D eigenvalue weighted by molar-refractivity contribution is 5.76. The topological polar surface area (TPSA) is 50.1 Å². The molecule has 0 bridgehead atoms. The summed E-state index contributed by atoms with van der Waals surface area (Å²) in [4.78, 5) is 10.6. The van der Waals surface area contributed by atoms with Gasteiger partial charge >= 0.3 is 0 Å². The molecule has 0 aliphatic carbocycles. The van der Waals surface area contributed by atoms with Gasteiger partial charge < -0.3 is 4.74 Å². The molecule has 14 heavy (non-hydrogen) atoms. The molecule has 0 saturated heterocycles. The molecule has 0 heterocycles. The first kappa shape index (κ1) is 10.4. The molecule has 3 nitrogen and oxygen atoms in total. The van der Waals surface area contributed by atoms with Crippen molar-refractivity contribution in [2.75, 3.05) is 6.61 Å². The van der Waals surface area contributed by atoms with Crippen LogP contribution in [0.2, 0.25) is 0 Å². The Balaban J connectivity index is 2.45. The first-order valence-electron chi connectivity index (χ1n) is 4.28. The van der Waals surface area contributed by atoms with Gasteiger partial charge in [-0.15, -0.1) is 0 Å². The van der Waals surface area contributed by atoms with Crippen LogP contribution in [0.15, 0.2) is 24.3 Å². The van der Waals surface area contributed by atoms with Gasteiger partial charge in [0.25, 0.3) is 0 Å². The predicted molar refractivity (Wildman–Crippen MR) is 51.5 cm³/mol. The first-order chi connectivity index (χ1) is 6.72. The summed E-state index contributed by atoms with van der Waals surface area (Å²) < 4.78 is 5.12. The van der Waals surface area contributed by atoms with Crippen molar-refractivity contribution in [3.63, 3.8) is 0 Å². The van der Waals surface area contributed by atoms with E-state index in [9.17, 15) is 4.79 Å². The largest absolute Gasteiger partial charge is 0.369 e. The van der Waals surface area contributed by atoms with Gasteiger partial charge in [0, 0.05) is 0 Å². The molecule has 0 aliphatic rings. The Bertz CT molecular complexity index is 349. The fourth-order valence-corrected chi connectivity index (χ4v) is 0.988. The van der Waals surface area contributed by atoms with E-state index in [2.05, 4.69) is 0 Å². The average molecular weight is 189 g/mol. The van der Waals surface area contributed by atoms with E-state index in [-0.39, 0.29) is 12.4 Å². The number of carbonyl (C=O) groups excluding carboxylic acids is 1. The number of Topliss-reactive ketones (excluding diaryl/α,β-unsaturated/α-hetero) is 1. The fraction of sp³-hybridized carbons (Fsp3) is 0.273. The van der Waals surface area contributed by atoms with Crippen LogP contribution in [0.3, 0.4) is 0 Å². The molecule has 0 spiro atoms. The fourth-order valence-electron chi connectivity index (χ4n) is 0.988. The average Bonchev–Trinajstić information content (AvgIpc) is 2.18. The number of nitriles is 1. The van der Waals surface area contributed by atoms with Crippen LogP contribution in [0.25, 0.3) is 0 Å². The monoisotopic (exact) mass is 189 g/mol. The molecule has 0 fully saturated rings. The molecule has 0 amide bonds. The Labute approximate surface area is 82.9 Å². The van der Waals surface area contributed by atoms with Crippen molar-refractivity contribution >= 4 is 5.78 Å². The summed E-state index contributed by atoms with van der Waals surface area (Å²) in [6.07, 6.45) is 0. The van der Waals surface area contributed by atoms with Gasteiger partial charge in [0.2, 0.25) is 0 Å². The summed E-state index contributed by atoms with van der Waals surface area (Å²) in [5.74, 6) is 0.0126. The molecule has 1 aromatic carbocycles. The maximum Gasteiger partial charge on any atom is 0.155 e. The zero-order chi connectivity index (χ0) is 10.4. The van der Waals surface area contributed by atoms with Crippen molar-refractivity contribution in [3.05, 3.63) is 35.4 Å². The lowest BCUT2D eigenvalue weighted by molar-refractivity contribution is -0.121. The van der Waals surface area contributed by atoms with E-state index in [1.807, 2.05) is 18.2 Å². The number of ether oxygens (including phenoxy) is 1. The molecule has 0 atom stereocenters. The summed E-state index contributed by atoms with van der Waals surface area (Å²) in [5.41, 5.74) is 1.59. The molecular weight excluding hydrogens is 178 g/mol. The second kappa shape index (κ2) is 5.15. The van der Waals surface area contributed by atoms with Crippen LogP contribution in [0, 0.1) is 11.3 Å². The number of benzene rings is 1. The summed E-state index contributed by atoms with van der Waals surface area (Å²) in [6.45, 7) is 2.03. The van der Waals surface area contributed by atoms with Crippen LogP contribution in [0.5, 0.6) is 0 Å². The molecule has 0 N–H and O–H groups in total. The number of hydrogen-bond donors (Lipinski definition) is 0. The molecular formula is C11H11NO2. The maximum absolute atomic E-state index is 10.6. The zero-order valence-corrected chi connectivity index (χ0v) is 7.99. The Kier molecular flexibility index (Phi) is 3.84. The predicted octanol–water partition coefficient (Wildman–Crippen LogP) is 1.66. The van der Waals surface area contributed by atoms with Crippen LogP contribution in [-0.4, -0.2) is 12.4 Å². The molecule has 1 rings (SSSR count). The van der Waals surface area contributed by atoms with Gasteiger partial charge in [-0.05, 0) is 24.6 Å². The highest BCUT2D eigenvalue weighted by atomic mass is 16.5. The SMILES string of the molecule is CC(=O)COCc1ccc(C#N)cc1. The Morgan fingerprint density at radius 2 is 2.07 bits per heavy atom. The minimum atomic E-state index is 0.0126. The van der Waals surface area contributed by atoms with Gasteiger partial charge in [0.1, 0.15) is 6.61 Å². The molecule has 0 aromatic heterocycles. The third kappa shape index (κ3) is 3.38. The maximum atomic E-state index is 10.6. The van der Waals surface area contributed by atoms with Crippen LogP contribution in [0.1, 0.15) is 18.1 Å². The first-order valence-corrected chi connectivity index (χ1v) is 4.28. The van der Waals surface area contributed by atoms with Crippen molar-refractivity contribution in [1.82, 2.24) is 0 Å². The van der Waals surface area contributed by atoms with E-state index < -0.39 is 0 Å². The van der Waals surface area contributed by atoms with Crippen molar-refractivity contribution in [1.29, 1.82) is 5.26 Å². The zero-order valence-electron chi connectivity index (χ0n) is 7.99. The minimum Gasteiger partial charge on any atom is -0.369 e. The molecule has 0 radical (unpaired) electrons. The number of nitrogens with zero attached hydrogens (tertiary/aromatic N) is 1.